The summed E-state index contributed by atoms with van der Waals surface area (Å²) in [4.78, 5) is 22.0. The van der Waals surface area contributed by atoms with Gasteiger partial charge in [0.15, 0.2) is 6.61 Å². The minimum absolute atomic E-state index is 0.0437. The lowest BCUT2D eigenvalue weighted by molar-refractivity contribution is -0.384. The Morgan fingerprint density at radius 1 is 1.25 bits per heavy atom. The van der Waals surface area contributed by atoms with E-state index in [1.807, 2.05) is 0 Å². The monoisotopic (exact) mass is 368 g/mol. The van der Waals surface area contributed by atoms with Crippen LogP contribution in [0, 0.1) is 10.1 Å². The molecule has 126 valence electrons. The summed E-state index contributed by atoms with van der Waals surface area (Å²) in [5.74, 6) is 0.0276. The molecule has 0 saturated carbocycles. The summed E-state index contributed by atoms with van der Waals surface area (Å²) in [6.07, 6.45) is 0. The van der Waals surface area contributed by atoms with Crippen molar-refractivity contribution in [3.05, 3.63) is 68.2 Å². The number of halogens is 2. The van der Waals surface area contributed by atoms with Crippen molar-refractivity contribution in [1.82, 2.24) is 5.32 Å². The van der Waals surface area contributed by atoms with Crippen LogP contribution in [-0.4, -0.2) is 17.4 Å². The standard InChI is InChI=1S/C16H14Cl2N2O4/c1-10(14-7-2-11(17)8-15(14)18)19-16(21)9-24-13-5-3-12(4-6-13)20(22)23/h2-8,10H,9H2,1H3,(H,19,21). The van der Waals surface area contributed by atoms with Gasteiger partial charge in [-0.05, 0) is 36.8 Å². The highest BCUT2D eigenvalue weighted by Gasteiger charge is 2.13. The summed E-state index contributed by atoms with van der Waals surface area (Å²) in [5, 5.41) is 14.3. The van der Waals surface area contributed by atoms with Crippen LogP contribution in [0.25, 0.3) is 0 Å². The van der Waals surface area contributed by atoms with Gasteiger partial charge in [-0.2, -0.15) is 0 Å². The van der Waals surface area contributed by atoms with Crippen LogP contribution in [-0.2, 0) is 4.79 Å². The largest absolute Gasteiger partial charge is 0.484 e. The third-order valence-corrected chi connectivity index (χ3v) is 3.79. The van der Waals surface area contributed by atoms with Gasteiger partial charge in [0, 0.05) is 22.2 Å². The Morgan fingerprint density at radius 3 is 2.50 bits per heavy atom. The van der Waals surface area contributed by atoms with Gasteiger partial charge >= 0.3 is 0 Å². The second-order valence-electron chi connectivity index (χ2n) is 4.99. The van der Waals surface area contributed by atoms with Crippen molar-refractivity contribution in [3.8, 4) is 5.75 Å². The summed E-state index contributed by atoms with van der Waals surface area (Å²) in [7, 11) is 0. The van der Waals surface area contributed by atoms with Gasteiger partial charge in [-0.3, -0.25) is 14.9 Å². The molecule has 0 aromatic heterocycles. The molecule has 0 saturated heterocycles. The number of hydrogen-bond acceptors (Lipinski definition) is 4. The van der Waals surface area contributed by atoms with E-state index in [-0.39, 0.29) is 24.2 Å². The van der Waals surface area contributed by atoms with E-state index in [0.717, 1.165) is 5.56 Å². The van der Waals surface area contributed by atoms with Crippen LogP contribution in [0.5, 0.6) is 5.75 Å². The van der Waals surface area contributed by atoms with Gasteiger partial charge in [0.25, 0.3) is 11.6 Å². The van der Waals surface area contributed by atoms with E-state index in [1.165, 1.54) is 24.3 Å². The van der Waals surface area contributed by atoms with Crippen molar-refractivity contribution in [2.24, 2.45) is 0 Å². The highest BCUT2D eigenvalue weighted by atomic mass is 35.5. The molecular formula is C16H14Cl2N2O4. The molecule has 0 aliphatic heterocycles. The predicted octanol–water partition coefficient (Wildman–Crippen LogP) is 4.16. The van der Waals surface area contributed by atoms with Crippen LogP contribution >= 0.6 is 23.2 Å². The number of carbonyl (C=O) groups is 1. The third-order valence-electron chi connectivity index (χ3n) is 3.22. The highest BCUT2D eigenvalue weighted by molar-refractivity contribution is 6.35. The number of carbonyl (C=O) groups excluding carboxylic acids is 1. The van der Waals surface area contributed by atoms with E-state index >= 15 is 0 Å². The van der Waals surface area contributed by atoms with Crippen LogP contribution in [0.4, 0.5) is 5.69 Å². The van der Waals surface area contributed by atoms with E-state index in [1.54, 1.807) is 25.1 Å². The van der Waals surface area contributed by atoms with E-state index in [2.05, 4.69) is 5.32 Å². The van der Waals surface area contributed by atoms with E-state index in [0.29, 0.717) is 15.8 Å². The Hall–Kier alpha value is -2.31. The summed E-state index contributed by atoms with van der Waals surface area (Å²) in [5.41, 5.74) is 0.697. The maximum absolute atomic E-state index is 11.9. The molecule has 0 heterocycles. The highest BCUT2D eigenvalue weighted by Crippen LogP contribution is 2.26. The summed E-state index contributed by atoms with van der Waals surface area (Å²) in [6.45, 7) is 1.58. The maximum Gasteiger partial charge on any atom is 0.269 e. The van der Waals surface area contributed by atoms with E-state index in [4.69, 9.17) is 27.9 Å². The number of nitro groups is 1. The molecule has 1 atom stereocenters. The average Bonchev–Trinajstić information content (AvgIpc) is 2.53. The zero-order chi connectivity index (χ0) is 17.7. The normalized spacial score (nSPS) is 11.6. The van der Waals surface area contributed by atoms with Gasteiger partial charge in [0.2, 0.25) is 0 Å². The number of benzene rings is 2. The van der Waals surface area contributed by atoms with Gasteiger partial charge in [0.1, 0.15) is 5.75 Å². The molecule has 0 aliphatic rings. The lowest BCUT2D eigenvalue weighted by Crippen LogP contribution is -2.31. The van der Waals surface area contributed by atoms with Gasteiger partial charge in [-0.1, -0.05) is 29.3 Å². The van der Waals surface area contributed by atoms with Crippen molar-refractivity contribution < 1.29 is 14.5 Å². The minimum atomic E-state index is -0.506. The van der Waals surface area contributed by atoms with Gasteiger partial charge in [-0.25, -0.2) is 0 Å². The lowest BCUT2D eigenvalue weighted by atomic mass is 10.1. The molecule has 1 N–H and O–H groups in total. The maximum atomic E-state index is 11.9. The number of nitrogens with one attached hydrogen (secondary N) is 1. The molecule has 0 aliphatic carbocycles. The number of rotatable bonds is 6. The number of nitrogens with zero attached hydrogens (tertiary/aromatic N) is 1. The van der Waals surface area contributed by atoms with Crippen molar-refractivity contribution in [2.45, 2.75) is 13.0 Å². The quantitative estimate of drug-likeness (QED) is 0.612. The molecule has 6 nitrogen and oxygen atoms in total. The molecule has 2 rings (SSSR count). The molecule has 0 bridgehead atoms. The van der Waals surface area contributed by atoms with Crippen LogP contribution in [0.1, 0.15) is 18.5 Å². The van der Waals surface area contributed by atoms with Crippen LogP contribution in [0.3, 0.4) is 0 Å². The lowest BCUT2D eigenvalue weighted by Gasteiger charge is -2.16. The topological polar surface area (TPSA) is 81.5 Å². The Labute approximate surface area is 148 Å². The third kappa shape index (κ3) is 4.84. The molecule has 0 fully saturated rings. The smallest absolute Gasteiger partial charge is 0.269 e. The molecular weight excluding hydrogens is 355 g/mol. The molecule has 1 unspecified atom stereocenters. The molecule has 1 amide bonds. The minimum Gasteiger partial charge on any atom is -0.484 e. The Kier molecular flexibility index (Phi) is 6.00. The van der Waals surface area contributed by atoms with Crippen molar-refractivity contribution in [1.29, 1.82) is 0 Å². The van der Waals surface area contributed by atoms with Crippen LogP contribution in [0.2, 0.25) is 10.0 Å². The molecule has 0 spiro atoms. The molecule has 8 heteroatoms. The number of nitro benzene ring substituents is 1. The Bertz CT molecular complexity index is 750. The first kappa shape index (κ1) is 18.0. The fraction of sp³-hybridized carbons (Fsp3) is 0.188. The first-order valence-corrected chi connectivity index (χ1v) is 7.74. The zero-order valence-corrected chi connectivity index (χ0v) is 14.2. The zero-order valence-electron chi connectivity index (χ0n) is 12.7. The van der Waals surface area contributed by atoms with Gasteiger partial charge < -0.3 is 10.1 Å². The first-order valence-electron chi connectivity index (χ1n) is 6.98. The fourth-order valence-corrected chi connectivity index (χ4v) is 2.60. The van der Waals surface area contributed by atoms with Gasteiger partial charge in [-0.15, -0.1) is 0 Å². The van der Waals surface area contributed by atoms with Crippen LogP contribution in [0.15, 0.2) is 42.5 Å². The number of non-ortho nitro benzene ring substituents is 1. The molecule has 0 radical (unpaired) electrons. The van der Waals surface area contributed by atoms with E-state index in [9.17, 15) is 14.9 Å². The number of amides is 1. The average molecular weight is 369 g/mol. The van der Waals surface area contributed by atoms with Crippen molar-refractivity contribution in [3.63, 3.8) is 0 Å². The molecule has 24 heavy (non-hydrogen) atoms. The van der Waals surface area contributed by atoms with Crippen molar-refractivity contribution in [2.75, 3.05) is 6.61 Å². The number of ether oxygens (including phenoxy) is 1. The second-order valence-corrected chi connectivity index (χ2v) is 5.84. The molecule has 2 aromatic carbocycles. The Morgan fingerprint density at radius 2 is 1.92 bits per heavy atom. The first-order chi connectivity index (χ1) is 11.4. The SMILES string of the molecule is CC(NC(=O)COc1ccc([N+](=O)[O-])cc1)c1ccc(Cl)cc1Cl. The van der Waals surface area contributed by atoms with Crippen molar-refractivity contribution >= 4 is 34.8 Å². The van der Waals surface area contributed by atoms with Crippen LogP contribution < -0.4 is 10.1 Å². The molecule has 2 aromatic rings. The summed E-state index contributed by atoms with van der Waals surface area (Å²) < 4.78 is 5.30. The summed E-state index contributed by atoms with van der Waals surface area (Å²) >= 11 is 11.9. The second kappa shape index (κ2) is 7.99. The van der Waals surface area contributed by atoms with Gasteiger partial charge in [0.05, 0.1) is 11.0 Å². The number of hydrogen-bond donors (Lipinski definition) is 1. The Balaban J connectivity index is 1.89. The predicted molar refractivity (Wildman–Crippen MR) is 91.6 cm³/mol. The fourth-order valence-electron chi connectivity index (χ4n) is 2.03. The van der Waals surface area contributed by atoms with E-state index < -0.39 is 4.92 Å². The summed E-state index contributed by atoms with van der Waals surface area (Å²) in [6, 6.07) is 10.2.